The Morgan fingerprint density at radius 2 is 2.00 bits per heavy atom. The van der Waals surface area contributed by atoms with Crippen LogP contribution in [0, 0.1) is 18.6 Å². The second-order valence-electron chi connectivity index (χ2n) is 5.24. The molecule has 1 aliphatic heterocycles. The number of rotatable bonds is 2. The first-order chi connectivity index (χ1) is 9.54. The van der Waals surface area contributed by atoms with Crippen molar-refractivity contribution in [1.82, 2.24) is 0 Å². The third kappa shape index (κ3) is 2.22. The third-order valence-corrected chi connectivity index (χ3v) is 3.83. The fourth-order valence-corrected chi connectivity index (χ4v) is 2.68. The van der Waals surface area contributed by atoms with Gasteiger partial charge in [0.15, 0.2) is 0 Å². The van der Waals surface area contributed by atoms with Gasteiger partial charge in [-0.3, -0.25) is 0 Å². The summed E-state index contributed by atoms with van der Waals surface area (Å²) in [5, 5.41) is 0. The fraction of sp³-hybridized carbons (Fsp3) is 0.250. The average Bonchev–Trinajstić information content (AvgIpc) is 2.77. The van der Waals surface area contributed by atoms with Crippen LogP contribution < -0.4 is 10.6 Å². The van der Waals surface area contributed by atoms with Crippen molar-refractivity contribution in [1.29, 1.82) is 0 Å². The molecule has 0 aromatic heterocycles. The molecule has 2 nitrogen and oxygen atoms in total. The number of hydrogen-bond acceptors (Lipinski definition) is 2. The van der Waals surface area contributed by atoms with Gasteiger partial charge in [-0.25, -0.2) is 8.78 Å². The Morgan fingerprint density at radius 1 is 1.20 bits per heavy atom. The summed E-state index contributed by atoms with van der Waals surface area (Å²) in [5.41, 5.74) is 10.3. The van der Waals surface area contributed by atoms with Crippen LogP contribution >= 0.6 is 0 Å². The van der Waals surface area contributed by atoms with Crippen LogP contribution in [-0.4, -0.2) is 6.54 Å². The number of nitrogens with zero attached hydrogens (tertiary/aromatic N) is 1. The molecule has 0 saturated carbocycles. The molecule has 0 spiro atoms. The Labute approximate surface area is 116 Å². The predicted octanol–water partition coefficient (Wildman–Crippen LogP) is 3.42. The van der Waals surface area contributed by atoms with Crippen LogP contribution in [0.2, 0.25) is 0 Å². The van der Waals surface area contributed by atoms with Gasteiger partial charge in [0.05, 0.1) is 0 Å². The molecule has 4 heteroatoms. The van der Waals surface area contributed by atoms with E-state index in [-0.39, 0.29) is 5.82 Å². The van der Waals surface area contributed by atoms with Crippen molar-refractivity contribution in [2.45, 2.75) is 19.9 Å². The van der Waals surface area contributed by atoms with Gasteiger partial charge in [-0.2, -0.15) is 0 Å². The number of hydrogen-bond donors (Lipinski definition) is 1. The second kappa shape index (κ2) is 4.78. The number of anilines is 2. The first-order valence-electron chi connectivity index (χ1n) is 6.62. The minimum Gasteiger partial charge on any atom is -0.398 e. The maximum atomic E-state index is 13.7. The van der Waals surface area contributed by atoms with Crippen LogP contribution in [0.3, 0.4) is 0 Å². The number of nitrogen functional groups attached to an aromatic ring is 1. The first-order valence-corrected chi connectivity index (χ1v) is 6.62. The molecule has 0 atom stereocenters. The van der Waals surface area contributed by atoms with E-state index < -0.39 is 5.82 Å². The van der Waals surface area contributed by atoms with Crippen molar-refractivity contribution in [3.8, 4) is 0 Å². The summed E-state index contributed by atoms with van der Waals surface area (Å²) >= 11 is 0. The highest BCUT2D eigenvalue weighted by molar-refractivity contribution is 5.67. The van der Waals surface area contributed by atoms with Crippen molar-refractivity contribution in [3.63, 3.8) is 0 Å². The van der Waals surface area contributed by atoms with Crippen LogP contribution in [-0.2, 0) is 13.0 Å². The number of benzene rings is 2. The predicted molar refractivity (Wildman–Crippen MR) is 76.7 cm³/mol. The Kier molecular flexibility index (Phi) is 3.08. The van der Waals surface area contributed by atoms with Gasteiger partial charge >= 0.3 is 0 Å². The van der Waals surface area contributed by atoms with E-state index in [1.54, 1.807) is 0 Å². The molecule has 1 heterocycles. The Hall–Kier alpha value is -2.10. The maximum Gasteiger partial charge on any atom is 0.128 e. The Bertz CT molecular complexity index is 668. The van der Waals surface area contributed by atoms with Gasteiger partial charge in [0.2, 0.25) is 0 Å². The summed E-state index contributed by atoms with van der Waals surface area (Å²) < 4.78 is 27.0. The molecule has 2 aromatic rings. The van der Waals surface area contributed by atoms with Crippen molar-refractivity contribution in [3.05, 3.63) is 58.7 Å². The molecular weight excluding hydrogens is 258 g/mol. The molecule has 0 saturated heterocycles. The lowest BCUT2D eigenvalue weighted by Gasteiger charge is -2.20. The topological polar surface area (TPSA) is 29.3 Å². The highest BCUT2D eigenvalue weighted by atomic mass is 19.1. The molecule has 2 aromatic carbocycles. The summed E-state index contributed by atoms with van der Waals surface area (Å²) in [6.07, 6.45) is 0.910. The minimum absolute atomic E-state index is 0.360. The molecule has 3 rings (SSSR count). The number of nitrogens with two attached hydrogens (primary N) is 1. The minimum atomic E-state index is -0.413. The molecular formula is C16H16F2N2. The van der Waals surface area contributed by atoms with Gasteiger partial charge in [0.25, 0.3) is 0 Å². The van der Waals surface area contributed by atoms with Crippen LogP contribution in [0.15, 0.2) is 30.3 Å². The van der Waals surface area contributed by atoms with Gasteiger partial charge in [0, 0.05) is 30.0 Å². The highest BCUT2D eigenvalue weighted by Crippen LogP contribution is 2.33. The summed E-state index contributed by atoms with van der Waals surface area (Å²) in [4.78, 5) is 2.04. The van der Waals surface area contributed by atoms with Gasteiger partial charge in [-0.1, -0.05) is 6.07 Å². The third-order valence-electron chi connectivity index (χ3n) is 3.83. The first kappa shape index (κ1) is 12.9. The zero-order valence-electron chi connectivity index (χ0n) is 11.3. The molecule has 0 bridgehead atoms. The van der Waals surface area contributed by atoms with Crippen molar-refractivity contribution in [2.75, 3.05) is 17.2 Å². The smallest absolute Gasteiger partial charge is 0.128 e. The molecule has 104 valence electrons. The molecule has 0 fully saturated rings. The molecule has 20 heavy (non-hydrogen) atoms. The molecule has 2 N–H and O–H groups in total. The zero-order valence-corrected chi connectivity index (χ0v) is 11.3. The SMILES string of the molecule is Cc1cc2c(cc1N)N(Cc1cc(F)ccc1F)CC2. The summed E-state index contributed by atoms with van der Waals surface area (Å²) in [7, 11) is 0. The standard InChI is InChI=1S/C16H16F2N2/c1-10-6-11-4-5-20(16(11)8-15(10)19)9-12-7-13(17)2-3-14(12)18/h2-3,6-8H,4-5,9,19H2,1H3. The van der Waals surface area contributed by atoms with E-state index in [1.165, 1.54) is 17.7 Å². The van der Waals surface area contributed by atoms with Crippen LogP contribution in [0.4, 0.5) is 20.2 Å². The molecule has 0 aliphatic carbocycles. The van der Waals surface area contributed by atoms with Crippen molar-refractivity contribution >= 4 is 11.4 Å². The lowest BCUT2D eigenvalue weighted by atomic mass is 10.1. The fourth-order valence-electron chi connectivity index (χ4n) is 2.68. The van der Waals surface area contributed by atoms with Crippen LogP contribution in [0.1, 0.15) is 16.7 Å². The van der Waals surface area contributed by atoms with E-state index in [2.05, 4.69) is 6.07 Å². The van der Waals surface area contributed by atoms with Gasteiger partial charge < -0.3 is 10.6 Å². The lowest BCUT2D eigenvalue weighted by Crippen LogP contribution is -2.20. The van der Waals surface area contributed by atoms with Gasteiger partial charge in [-0.15, -0.1) is 0 Å². The van der Waals surface area contributed by atoms with E-state index in [9.17, 15) is 8.78 Å². The second-order valence-corrected chi connectivity index (χ2v) is 5.24. The zero-order chi connectivity index (χ0) is 14.3. The summed E-state index contributed by atoms with van der Waals surface area (Å²) in [6, 6.07) is 7.57. The summed E-state index contributed by atoms with van der Waals surface area (Å²) in [6.45, 7) is 3.14. The highest BCUT2D eigenvalue weighted by Gasteiger charge is 2.21. The van der Waals surface area contributed by atoms with Gasteiger partial charge in [0.1, 0.15) is 11.6 Å². The lowest BCUT2D eigenvalue weighted by molar-refractivity contribution is 0.582. The molecule has 0 radical (unpaired) electrons. The number of halogens is 2. The van der Waals surface area contributed by atoms with E-state index >= 15 is 0 Å². The number of fused-ring (bicyclic) bond motifs is 1. The average molecular weight is 274 g/mol. The molecule has 0 amide bonds. The van der Waals surface area contributed by atoms with Gasteiger partial charge in [-0.05, 0) is 48.7 Å². The molecule has 0 unspecified atom stereocenters. The van der Waals surface area contributed by atoms with Crippen LogP contribution in [0.5, 0.6) is 0 Å². The number of aryl methyl sites for hydroxylation is 1. The maximum absolute atomic E-state index is 13.7. The normalized spacial score (nSPS) is 13.7. The monoisotopic (exact) mass is 274 g/mol. The van der Waals surface area contributed by atoms with E-state index in [1.807, 2.05) is 17.9 Å². The van der Waals surface area contributed by atoms with E-state index in [0.29, 0.717) is 12.1 Å². The van der Waals surface area contributed by atoms with Crippen LogP contribution in [0.25, 0.3) is 0 Å². The quantitative estimate of drug-likeness (QED) is 0.850. The summed E-state index contributed by atoms with van der Waals surface area (Å²) in [5.74, 6) is -0.788. The Morgan fingerprint density at radius 3 is 2.80 bits per heavy atom. The Balaban J connectivity index is 1.92. The van der Waals surface area contributed by atoms with E-state index in [0.717, 1.165) is 36.0 Å². The molecule has 1 aliphatic rings. The van der Waals surface area contributed by atoms with E-state index in [4.69, 9.17) is 5.73 Å². The van der Waals surface area contributed by atoms with Crippen molar-refractivity contribution in [2.24, 2.45) is 0 Å². The van der Waals surface area contributed by atoms with Crippen molar-refractivity contribution < 1.29 is 8.78 Å². The largest absolute Gasteiger partial charge is 0.398 e.